The predicted octanol–water partition coefficient (Wildman–Crippen LogP) is 3.73. The number of likely N-dealkylation sites (tertiary alicyclic amines) is 1. The van der Waals surface area contributed by atoms with Crippen LogP contribution in [0, 0.1) is 13.8 Å². The second-order valence-corrected chi connectivity index (χ2v) is 6.34. The molecule has 23 heavy (non-hydrogen) atoms. The van der Waals surface area contributed by atoms with Crippen LogP contribution >= 0.6 is 0 Å². The number of aryl methyl sites for hydroxylation is 2. The molecule has 3 nitrogen and oxygen atoms in total. The van der Waals surface area contributed by atoms with Crippen molar-refractivity contribution in [2.75, 3.05) is 13.1 Å². The number of hydrogen-bond acceptors (Lipinski definition) is 3. The molecule has 0 amide bonds. The standard InChI is InChI=1S/C20H23NO2/c1-15-8-9-18(12-16(15)2)20(22)23-19-10-11-21(14-19)13-17-6-4-3-5-7-17/h3-9,12,19H,10-11,13-14H2,1-2H3/t19-/m1/s1. The van der Waals surface area contributed by atoms with E-state index in [-0.39, 0.29) is 12.1 Å². The van der Waals surface area contributed by atoms with E-state index in [2.05, 4.69) is 29.2 Å². The second-order valence-electron chi connectivity index (χ2n) is 6.34. The van der Waals surface area contributed by atoms with E-state index < -0.39 is 0 Å². The molecule has 120 valence electrons. The molecule has 2 aromatic carbocycles. The van der Waals surface area contributed by atoms with E-state index in [4.69, 9.17) is 4.74 Å². The Balaban J connectivity index is 1.55. The van der Waals surface area contributed by atoms with E-state index in [1.54, 1.807) is 0 Å². The van der Waals surface area contributed by atoms with Crippen LogP contribution in [0.1, 0.15) is 33.5 Å². The van der Waals surface area contributed by atoms with Gasteiger partial charge in [0.1, 0.15) is 6.10 Å². The van der Waals surface area contributed by atoms with Crippen molar-refractivity contribution in [2.45, 2.75) is 32.9 Å². The summed E-state index contributed by atoms with van der Waals surface area (Å²) in [6.07, 6.45) is 0.900. The fraction of sp³-hybridized carbons (Fsp3) is 0.350. The third-order valence-corrected chi connectivity index (χ3v) is 4.49. The first-order chi connectivity index (χ1) is 11.1. The zero-order valence-corrected chi connectivity index (χ0v) is 13.8. The van der Waals surface area contributed by atoms with E-state index in [0.717, 1.165) is 31.6 Å². The van der Waals surface area contributed by atoms with Gasteiger partial charge in [-0.1, -0.05) is 36.4 Å². The minimum Gasteiger partial charge on any atom is -0.457 e. The molecule has 2 aromatic rings. The van der Waals surface area contributed by atoms with Gasteiger partial charge in [-0.2, -0.15) is 0 Å². The summed E-state index contributed by atoms with van der Waals surface area (Å²) in [6, 6.07) is 16.1. The van der Waals surface area contributed by atoms with Crippen LogP contribution in [-0.2, 0) is 11.3 Å². The third kappa shape index (κ3) is 3.99. The minimum absolute atomic E-state index is 0.00665. The highest BCUT2D eigenvalue weighted by Crippen LogP contribution is 2.18. The average Bonchev–Trinajstić information content (AvgIpc) is 2.98. The van der Waals surface area contributed by atoms with Crippen LogP contribution < -0.4 is 0 Å². The lowest BCUT2D eigenvalue weighted by Gasteiger charge is -2.16. The highest BCUT2D eigenvalue weighted by Gasteiger charge is 2.26. The van der Waals surface area contributed by atoms with Crippen molar-refractivity contribution in [1.82, 2.24) is 4.90 Å². The number of carbonyl (C=O) groups excluding carboxylic acids is 1. The second kappa shape index (κ2) is 6.97. The lowest BCUT2D eigenvalue weighted by molar-refractivity contribution is 0.0320. The van der Waals surface area contributed by atoms with Crippen LogP contribution in [0.5, 0.6) is 0 Å². The maximum absolute atomic E-state index is 12.3. The van der Waals surface area contributed by atoms with Crippen LogP contribution in [-0.4, -0.2) is 30.1 Å². The van der Waals surface area contributed by atoms with E-state index in [0.29, 0.717) is 5.56 Å². The first kappa shape index (κ1) is 15.8. The van der Waals surface area contributed by atoms with Crippen molar-refractivity contribution in [3.63, 3.8) is 0 Å². The van der Waals surface area contributed by atoms with Crippen LogP contribution in [0.25, 0.3) is 0 Å². The fourth-order valence-electron chi connectivity index (χ4n) is 2.97. The highest BCUT2D eigenvalue weighted by atomic mass is 16.5. The predicted molar refractivity (Wildman–Crippen MR) is 91.5 cm³/mol. The van der Waals surface area contributed by atoms with Crippen LogP contribution in [0.4, 0.5) is 0 Å². The first-order valence-corrected chi connectivity index (χ1v) is 8.16. The molecule has 1 heterocycles. The molecule has 3 rings (SSSR count). The van der Waals surface area contributed by atoms with Crippen LogP contribution in [0.2, 0.25) is 0 Å². The Kier molecular flexibility index (Phi) is 4.77. The summed E-state index contributed by atoms with van der Waals surface area (Å²) in [7, 11) is 0. The quantitative estimate of drug-likeness (QED) is 0.806. The molecule has 1 aliphatic heterocycles. The summed E-state index contributed by atoms with van der Waals surface area (Å²) in [5.41, 5.74) is 4.26. The van der Waals surface area contributed by atoms with Gasteiger partial charge in [0, 0.05) is 19.6 Å². The fourth-order valence-corrected chi connectivity index (χ4v) is 2.97. The van der Waals surface area contributed by atoms with Gasteiger partial charge >= 0.3 is 5.97 Å². The van der Waals surface area contributed by atoms with Crippen molar-refractivity contribution < 1.29 is 9.53 Å². The van der Waals surface area contributed by atoms with Gasteiger partial charge in [0.25, 0.3) is 0 Å². The number of ether oxygens (including phenoxy) is 1. The zero-order chi connectivity index (χ0) is 16.2. The molecule has 1 atom stereocenters. The summed E-state index contributed by atoms with van der Waals surface area (Å²) in [4.78, 5) is 14.6. The van der Waals surface area contributed by atoms with Gasteiger partial charge in [-0.05, 0) is 49.1 Å². The molecule has 0 saturated carbocycles. The smallest absolute Gasteiger partial charge is 0.338 e. The van der Waals surface area contributed by atoms with E-state index in [1.807, 2.05) is 38.1 Å². The number of hydrogen-bond donors (Lipinski definition) is 0. The van der Waals surface area contributed by atoms with Crippen molar-refractivity contribution in [2.24, 2.45) is 0 Å². The molecule has 0 aromatic heterocycles. The molecule has 0 bridgehead atoms. The molecule has 1 fully saturated rings. The van der Waals surface area contributed by atoms with Crippen molar-refractivity contribution in [3.8, 4) is 0 Å². The Labute approximate surface area is 137 Å². The molecular weight excluding hydrogens is 286 g/mol. The van der Waals surface area contributed by atoms with Gasteiger partial charge < -0.3 is 4.74 Å². The van der Waals surface area contributed by atoms with E-state index in [9.17, 15) is 4.79 Å². The van der Waals surface area contributed by atoms with E-state index >= 15 is 0 Å². The highest BCUT2D eigenvalue weighted by molar-refractivity contribution is 5.89. The Bertz CT molecular complexity index is 681. The number of esters is 1. The molecule has 0 aliphatic carbocycles. The Morgan fingerprint density at radius 1 is 1.13 bits per heavy atom. The number of carbonyl (C=O) groups is 1. The number of nitrogens with zero attached hydrogens (tertiary/aromatic N) is 1. The topological polar surface area (TPSA) is 29.5 Å². The molecule has 3 heteroatoms. The molecule has 0 spiro atoms. The zero-order valence-electron chi connectivity index (χ0n) is 13.8. The first-order valence-electron chi connectivity index (χ1n) is 8.16. The molecular formula is C20H23NO2. The Morgan fingerprint density at radius 3 is 2.65 bits per heavy atom. The van der Waals surface area contributed by atoms with Gasteiger partial charge in [-0.3, -0.25) is 4.90 Å². The van der Waals surface area contributed by atoms with Crippen molar-refractivity contribution in [3.05, 3.63) is 70.8 Å². The summed E-state index contributed by atoms with van der Waals surface area (Å²) < 4.78 is 5.68. The summed E-state index contributed by atoms with van der Waals surface area (Å²) >= 11 is 0. The molecule has 1 aliphatic rings. The summed E-state index contributed by atoms with van der Waals surface area (Å²) in [5, 5.41) is 0. The number of benzene rings is 2. The average molecular weight is 309 g/mol. The van der Waals surface area contributed by atoms with Gasteiger partial charge in [-0.15, -0.1) is 0 Å². The Morgan fingerprint density at radius 2 is 1.91 bits per heavy atom. The molecule has 0 unspecified atom stereocenters. The molecule has 0 N–H and O–H groups in total. The number of rotatable bonds is 4. The van der Waals surface area contributed by atoms with Crippen LogP contribution in [0.15, 0.2) is 48.5 Å². The maximum Gasteiger partial charge on any atom is 0.338 e. The summed E-state index contributed by atoms with van der Waals surface area (Å²) in [6.45, 7) is 6.76. The SMILES string of the molecule is Cc1ccc(C(=O)O[C@@H]2CCN(Cc3ccccc3)C2)cc1C. The van der Waals surface area contributed by atoms with Gasteiger partial charge in [0.15, 0.2) is 0 Å². The van der Waals surface area contributed by atoms with Gasteiger partial charge in [0.2, 0.25) is 0 Å². The lowest BCUT2D eigenvalue weighted by Crippen LogP contribution is -2.24. The molecule has 0 radical (unpaired) electrons. The van der Waals surface area contributed by atoms with Crippen LogP contribution in [0.3, 0.4) is 0 Å². The Hall–Kier alpha value is -2.13. The van der Waals surface area contributed by atoms with Crippen molar-refractivity contribution >= 4 is 5.97 Å². The summed E-state index contributed by atoms with van der Waals surface area (Å²) in [5.74, 6) is -0.209. The largest absolute Gasteiger partial charge is 0.457 e. The maximum atomic E-state index is 12.3. The van der Waals surface area contributed by atoms with Gasteiger partial charge in [-0.25, -0.2) is 4.79 Å². The normalized spacial score (nSPS) is 18.1. The minimum atomic E-state index is -0.209. The van der Waals surface area contributed by atoms with Crippen molar-refractivity contribution in [1.29, 1.82) is 0 Å². The third-order valence-electron chi connectivity index (χ3n) is 4.49. The molecule has 1 saturated heterocycles. The van der Waals surface area contributed by atoms with Gasteiger partial charge in [0.05, 0.1) is 5.56 Å². The lowest BCUT2D eigenvalue weighted by atomic mass is 10.1. The van der Waals surface area contributed by atoms with E-state index in [1.165, 1.54) is 11.1 Å². The monoisotopic (exact) mass is 309 g/mol.